The molecule has 1 nitrogen and oxygen atoms in total. The Bertz CT molecular complexity index is 818. The molecule has 0 saturated heterocycles. The van der Waals surface area contributed by atoms with Crippen LogP contribution in [0, 0.1) is 0 Å². The molecule has 3 rings (SSSR count). The van der Waals surface area contributed by atoms with E-state index in [1.165, 1.54) is 72.9 Å². The summed E-state index contributed by atoms with van der Waals surface area (Å²) in [6.07, 6.45) is 9.76. The molecule has 3 aromatic carbocycles. The molecule has 0 aromatic heterocycles. The number of aryl methyl sites for hydroxylation is 2. The predicted molar refractivity (Wildman–Crippen MR) is 122 cm³/mol. The molecule has 3 aromatic rings. The maximum atomic E-state index is 2.48. The van der Waals surface area contributed by atoms with E-state index in [0.717, 1.165) is 0 Å². The van der Waals surface area contributed by atoms with E-state index in [4.69, 9.17) is 0 Å². The molecule has 0 amide bonds. The molecule has 0 radical (unpaired) electrons. The van der Waals surface area contributed by atoms with Crippen LogP contribution in [0.1, 0.15) is 75.6 Å². The number of hydrogen-bond acceptors (Lipinski definition) is 1. The molecule has 0 saturated carbocycles. The molecule has 3 N–H and O–H groups in total. The summed E-state index contributed by atoms with van der Waals surface area (Å²) in [6.45, 7) is 9.30. The van der Waals surface area contributed by atoms with Crippen molar-refractivity contribution in [2.75, 3.05) is 0 Å². The Kier molecular flexibility index (Phi) is 7.86. The minimum atomic E-state index is 0. The average molecular weight is 364 g/mol. The van der Waals surface area contributed by atoms with Gasteiger partial charge in [-0.3, -0.25) is 0 Å². The molecule has 0 bridgehead atoms. The van der Waals surface area contributed by atoms with Gasteiger partial charge in [0.05, 0.1) is 0 Å². The van der Waals surface area contributed by atoms with E-state index >= 15 is 0 Å². The Labute approximate surface area is 165 Å². The van der Waals surface area contributed by atoms with Crippen LogP contribution in [0.4, 0.5) is 0 Å². The largest absolute Gasteiger partial charge is 0.344 e. The van der Waals surface area contributed by atoms with Crippen molar-refractivity contribution in [3.05, 3.63) is 58.7 Å². The van der Waals surface area contributed by atoms with Crippen LogP contribution in [0.25, 0.3) is 21.5 Å². The lowest BCUT2D eigenvalue weighted by molar-refractivity contribution is 0.810. The van der Waals surface area contributed by atoms with Crippen molar-refractivity contribution in [2.45, 2.75) is 79.1 Å². The summed E-state index contributed by atoms with van der Waals surface area (Å²) < 4.78 is 0. The van der Waals surface area contributed by atoms with Crippen LogP contribution in [-0.2, 0) is 25.7 Å². The molecule has 0 atom stereocenters. The van der Waals surface area contributed by atoms with Gasteiger partial charge in [0.1, 0.15) is 0 Å². The second kappa shape index (κ2) is 9.90. The van der Waals surface area contributed by atoms with E-state index in [-0.39, 0.29) is 6.15 Å². The van der Waals surface area contributed by atoms with E-state index in [1.807, 2.05) is 0 Å². The third-order valence-corrected chi connectivity index (χ3v) is 5.63. The van der Waals surface area contributed by atoms with Gasteiger partial charge in [-0.2, -0.15) is 0 Å². The zero-order valence-electron chi connectivity index (χ0n) is 17.8. The van der Waals surface area contributed by atoms with Crippen molar-refractivity contribution in [2.24, 2.45) is 0 Å². The average Bonchev–Trinajstić information content (AvgIpc) is 2.66. The maximum absolute atomic E-state index is 2.48. The molecular formula is C26H37N. The molecule has 0 aliphatic carbocycles. The zero-order valence-corrected chi connectivity index (χ0v) is 17.8. The van der Waals surface area contributed by atoms with Crippen molar-refractivity contribution in [3.8, 4) is 0 Å². The van der Waals surface area contributed by atoms with Gasteiger partial charge < -0.3 is 6.15 Å². The molecular weight excluding hydrogens is 326 g/mol. The first-order chi connectivity index (χ1) is 12.7. The van der Waals surface area contributed by atoms with Gasteiger partial charge in [0.15, 0.2) is 0 Å². The summed E-state index contributed by atoms with van der Waals surface area (Å²) >= 11 is 0. The van der Waals surface area contributed by atoms with Crippen LogP contribution in [-0.4, -0.2) is 0 Å². The minimum absolute atomic E-state index is 0. The zero-order chi connectivity index (χ0) is 18.5. The Hall–Kier alpha value is -1.86. The van der Waals surface area contributed by atoms with E-state index in [2.05, 4.69) is 64.1 Å². The smallest absolute Gasteiger partial charge is 0.0140 e. The number of fused-ring (bicyclic) bond motifs is 2. The molecule has 0 aliphatic rings. The van der Waals surface area contributed by atoms with Gasteiger partial charge in [0, 0.05) is 0 Å². The highest BCUT2D eigenvalue weighted by Crippen LogP contribution is 2.36. The van der Waals surface area contributed by atoms with Crippen LogP contribution < -0.4 is 6.15 Å². The SMILES string of the molecule is CCCc1c(CCC)c(CCC)c2cc3ccccc3cc2c1CCC.N. The van der Waals surface area contributed by atoms with E-state index in [9.17, 15) is 0 Å². The van der Waals surface area contributed by atoms with E-state index < -0.39 is 0 Å². The molecule has 1 heteroatoms. The van der Waals surface area contributed by atoms with Gasteiger partial charge in [0.25, 0.3) is 0 Å². The first-order valence-electron chi connectivity index (χ1n) is 10.7. The number of rotatable bonds is 8. The third kappa shape index (κ3) is 4.19. The fraction of sp³-hybridized carbons (Fsp3) is 0.462. The summed E-state index contributed by atoms with van der Waals surface area (Å²) in [5.41, 5.74) is 6.64. The van der Waals surface area contributed by atoms with Crippen molar-refractivity contribution in [1.29, 1.82) is 0 Å². The topological polar surface area (TPSA) is 35.0 Å². The first kappa shape index (κ1) is 21.4. The monoisotopic (exact) mass is 363 g/mol. The molecule has 0 unspecified atom stereocenters. The molecule has 0 heterocycles. The lowest BCUT2D eigenvalue weighted by Crippen LogP contribution is -2.07. The van der Waals surface area contributed by atoms with E-state index in [1.54, 1.807) is 22.3 Å². The lowest BCUT2D eigenvalue weighted by Gasteiger charge is -2.23. The third-order valence-electron chi connectivity index (χ3n) is 5.63. The Morgan fingerprint density at radius 2 is 0.852 bits per heavy atom. The summed E-state index contributed by atoms with van der Waals surface area (Å²) in [4.78, 5) is 0. The summed E-state index contributed by atoms with van der Waals surface area (Å²) in [7, 11) is 0. The number of benzene rings is 3. The van der Waals surface area contributed by atoms with Gasteiger partial charge in [-0.05, 0) is 81.6 Å². The van der Waals surface area contributed by atoms with Gasteiger partial charge in [0.2, 0.25) is 0 Å². The Balaban J connectivity index is 0.00000261. The fourth-order valence-corrected chi connectivity index (χ4v) is 4.60. The van der Waals surface area contributed by atoms with E-state index in [0.29, 0.717) is 0 Å². The number of hydrogen-bond donors (Lipinski definition) is 1. The molecule has 0 spiro atoms. The predicted octanol–water partition coefficient (Wildman–Crippen LogP) is 7.97. The van der Waals surface area contributed by atoms with Crippen LogP contribution in [0.3, 0.4) is 0 Å². The highest BCUT2D eigenvalue weighted by atomic mass is 14.2. The Morgan fingerprint density at radius 3 is 1.19 bits per heavy atom. The second-order valence-corrected chi connectivity index (χ2v) is 7.66. The van der Waals surface area contributed by atoms with Crippen molar-refractivity contribution < 1.29 is 0 Å². The van der Waals surface area contributed by atoms with Crippen LogP contribution in [0.15, 0.2) is 36.4 Å². The quantitative estimate of drug-likeness (QED) is 0.405. The summed E-state index contributed by atoms with van der Waals surface area (Å²) in [5, 5.41) is 5.81. The Morgan fingerprint density at radius 1 is 0.519 bits per heavy atom. The van der Waals surface area contributed by atoms with Crippen LogP contribution in [0.5, 0.6) is 0 Å². The van der Waals surface area contributed by atoms with Crippen LogP contribution in [0.2, 0.25) is 0 Å². The first-order valence-corrected chi connectivity index (χ1v) is 10.7. The normalized spacial score (nSPS) is 11.1. The highest BCUT2D eigenvalue weighted by Gasteiger charge is 2.18. The van der Waals surface area contributed by atoms with Gasteiger partial charge >= 0.3 is 0 Å². The van der Waals surface area contributed by atoms with Gasteiger partial charge in [-0.1, -0.05) is 77.6 Å². The van der Waals surface area contributed by atoms with Crippen molar-refractivity contribution in [1.82, 2.24) is 6.15 Å². The lowest BCUT2D eigenvalue weighted by atomic mass is 9.82. The standard InChI is InChI=1S/C26H34.H3N/c1-5-11-21-22(12-6-2)24(14-8-4)26-18-20-16-10-9-15-19(20)17-25(26)23(21)13-7-3;/h9-10,15-18H,5-8,11-14H2,1-4H3;1H3. The fourth-order valence-electron chi connectivity index (χ4n) is 4.60. The minimum Gasteiger partial charge on any atom is -0.344 e. The highest BCUT2D eigenvalue weighted by molar-refractivity contribution is 6.02. The van der Waals surface area contributed by atoms with Gasteiger partial charge in [-0.15, -0.1) is 0 Å². The van der Waals surface area contributed by atoms with Gasteiger partial charge in [-0.25, -0.2) is 0 Å². The summed E-state index contributed by atoms with van der Waals surface area (Å²) in [5.74, 6) is 0. The molecule has 146 valence electrons. The summed E-state index contributed by atoms with van der Waals surface area (Å²) in [6, 6.07) is 13.8. The van der Waals surface area contributed by atoms with Crippen molar-refractivity contribution >= 4 is 21.5 Å². The van der Waals surface area contributed by atoms with Crippen LogP contribution >= 0.6 is 0 Å². The maximum Gasteiger partial charge on any atom is -0.0140 e. The molecule has 27 heavy (non-hydrogen) atoms. The molecule has 0 fully saturated rings. The molecule has 0 aliphatic heterocycles. The van der Waals surface area contributed by atoms with Crippen molar-refractivity contribution in [3.63, 3.8) is 0 Å². The second-order valence-electron chi connectivity index (χ2n) is 7.66.